The number of carbonyl (C=O) groups is 1. The van der Waals surface area contributed by atoms with E-state index in [2.05, 4.69) is 0 Å². The molecular weight excluding hydrogens is 230 g/mol. The second-order valence-electron chi connectivity index (χ2n) is 4.27. The summed E-state index contributed by atoms with van der Waals surface area (Å²) < 4.78 is 0. The predicted octanol–water partition coefficient (Wildman–Crippen LogP) is 3.32. The van der Waals surface area contributed by atoms with Crippen molar-refractivity contribution in [3.8, 4) is 0 Å². The number of rotatable bonds is 2. The van der Waals surface area contributed by atoms with Gasteiger partial charge in [-0.25, -0.2) is 0 Å². The van der Waals surface area contributed by atoms with E-state index >= 15 is 0 Å². The van der Waals surface area contributed by atoms with E-state index in [-0.39, 0.29) is 5.78 Å². The van der Waals surface area contributed by atoms with E-state index in [1.54, 1.807) is 11.8 Å². The van der Waals surface area contributed by atoms with Crippen LogP contribution < -0.4 is 0 Å². The number of allylic oxidation sites excluding steroid dienone is 3. The van der Waals surface area contributed by atoms with Crippen LogP contribution in [0.2, 0.25) is 0 Å². The number of Topliss-reactive ketones (excluding diaryl/α,β-unsaturated/α-hetero) is 1. The van der Waals surface area contributed by atoms with Crippen molar-refractivity contribution in [3.05, 3.63) is 52.6 Å². The van der Waals surface area contributed by atoms with Gasteiger partial charge in [-0.3, -0.25) is 4.79 Å². The summed E-state index contributed by atoms with van der Waals surface area (Å²) in [5.74, 6) is 0.136. The lowest BCUT2D eigenvalue weighted by Crippen LogP contribution is -2.01. The molecule has 0 radical (unpaired) electrons. The molecule has 17 heavy (non-hydrogen) atoms. The monoisotopic (exact) mass is 245 g/mol. The van der Waals surface area contributed by atoms with Gasteiger partial charge in [-0.1, -0.05) is 23.9 Å². The fraction of sp³-hybridized carbons (Fsp3) is 0.214. The summed E-state index contributed by atoms with van der Waals surface area (Å²) >= 11 is 1.55. The van der Waals surface area contributed by atoms with E-state index in [1.165, 1.54) is 0 Å². The van der Waals surface area contributed by atoms with Gasteiger partial charge in [0.15, 0.2) is 0 Å². The maximum atomic E-state index is 12.1. The second-order valence-corrected chi connectivity index (χ2v) is 5.36. The molecule has 0 aromatic heterocycles. The van der Waals surface area contributed by atoms with Crippen LogP contribution >= 0.6 is 11.8 Å². The third kappa shape index (κ3) is 2.61. The Hall–Kier alpha value is -1.48. The van der Waals surface area contributed by atoms with Crippen molar-refractivity contribution in [3.63, 3.8) is 0 Å². The molecule has 0 unspecified atom stereocenters. The minimum atomic E-state index is 0.136. The molecule has 0 N–H and O–H groups in total. The Bertz CT molecular complexity index is 515. The number of benzene rings is 1. The van der Waals surface area contributed by atoms with Crippen LogP contribution in [0.15, 0.2) is 51.9 Å². The number of carbonyl (C=O) groups excluding carboxylic acids is 1. The summed E-state index contributed by atoms with van der Waals surface area (Å²) in [4.78, 5) is 15.9. The van der Waals surface area contributed by atoms with Crippen LogP contribution in [0, 0.1) is 0 Å². The number of hydrogen-bond acceptors (Lipinski definition) is 3. The Morgan fingerprint density at radius 1 is 1.29 bits per heavy atom. The quantitative estimate of drug-likeness (QED) is 0.745. The van der Waals surface area contributed by atoms with Gasteiger partial charge in [-0.2, -0.15) is 0 Å². The van der Waals surface area contributed by atoms with Crippen molar-refractivity contribution in [2.45, 2.75) is 11.8 Å². The first kappa shape index (κ1) is 12.0. The highest BCUT2D eigenvalue weighted by Gasteiger charge is 2.24. The predicted molar refractivity (Wildman–Crippen MR) is 72.2 cm³/mol. The number of nitrogens with zero attached hydrogens (tertiary/aromatic N) is 1. The average Bonchev–Trinajstić information content (AvgIpc) is 2.55. The molecule has 1 heterocycles. The van der Waals surface area contributed by atoms with Crippen molar-refractivity contribution in [1.29, 1.82) is 0 Å². The van der Waals surface area contributed by atoms with Crippen LogP contribution in [0.25, 0.3) is 0 Å². The molecule has 0 fully saturated rings. The second kappa shape index (κ2) is 4.80. The summed E-state index contributed by atoms with van der Waals surface area (Å²) in [5.41, 5.74) is 1.90. The molecule has 2 nitrogen and oxygen atoms in total. The molecule has 0 amide bonds. The molecule has 0 saturated carbocycles. The van der Waals surface area contributed by atoms with Crippen molar-refractivity contribution in [2.24, 2.45) is 0 Å². The lowest BCUT2D eigenvalue weighted by molar-refractivity contribution is 0.104. The first-order valence-electron chi connectivity index (χ1n) is 5.46. The highest BCUT2D eigenvalue weighted by Crippen LogP contribution is 2.39. The Labute approximate surface area is 106 Å². The Balaban J connectivity index is 2.29. The van der Waals surface area contributed by atoms with Gasteiger partial charge in [0.2, 0.25) is 5.78 Å². The highest BCUT2D eigenvalue weighted by atomic mass is 32.2. The summed E-state index contributed by atoms with van der Waals surface area (Å²) in [5, 5.41) is 0. The van der Waals surface area contributed by atoms with Crippen LogP contribution in [0.1, 0.15) is 17.3 Å². The molecular formula is C14H15NOS. The highest BCUT2D eigenvalue weighted by molar-refractivity contribution is 8.04. The van der Waals surface area contributed by atoms with Gasteiger partial charge >= 0.3 is 0 Å². The zero-order valence-corrected chi connectivity index (χ0v) is 11.0. The summed E-state index contributed by atoms with van der Waals surface area (Å²) in [6.07, 6.45) is 3.96. The van der Waals surface area contributed by atoms with Crippen molar-refractivity contribution < 1.29 is 4.79 Å². The van der Waals surface area contributed by atoms with Crippen LogP contribution in [0.3, 0.4) is 0 Å². The van der Waals surface area contributed by atoms with Crippen molar-refractivity contribution in [1.82, 2.24) is 4.90 Å². The number of ketones is 1. The first-order valence-corrected chi connectivity index (χ1v) is 6.27. The fourth-order valence-corrected chi connectivity index (χ4v) is 2.89. The van der Waals surface area contributed by atoms with E-state index in [0.717, 1.165) is 20.9 Å². The Kier molecular flexibility index (Phi) is 3.38. The van der Waals surface area contributed by atoms with Crippen LogP contribution in [0.5, 0.6) is 0 Å². The van der Waals surface area contributed by atoms with Gasteiger partial charge in [0.25, 0.3) is 0 Å². The van der Waals surface area contributed by atoms with E-state index < -0.39 is 0 Å². The van der Waals surface area contributed by atoms with E-state index in [4.69, 9.17) is 0 Å². The summed E-state index contributed by atoms with van der Waals surface area (Å²) in [7, 11) is 3.95. The zero-order chi connectivity index (χ0) is 12.4. The minimum Gasteiger partial charge on any atom is -0.383 e. The molecule has 0 bridgehead atoms. The smallest absolute Gasteiger partial charge is 0.200 e. The summed E-state index contributed by atoms with van der Waals surface area (Å²) in [6, 6.07) is 7.74. The number of hydrogen-bond donors (Lipinski definition) is 0. The Morgan fingerprint density at radius 3 is 2.65 bits per heavy atom. The molecule has 1 aliphatic rings. The first-order chi connectivity index (χ1) is 8.08. The largest absolute Gasteiger partial charge is 0.383 e. The molecule has 0 aliphatic carbocycles. The molecule has 0 atom stereocenters. The van der Waals surface area contributed by atoms with Gasteiger partial charge in [0, 0.05) is 30.8 Å². The van der Waals surface area contributed by atoms with Crippen molar-refractivity contribution in [2.75, 3.05) is 14.1 Å². The van der Waals surface area contributed by atoms with Crippen LogP contribution in [-0.2, 0) is 0 Å². The van der Waals surface area contributed by atoms with Gasteiger partial charge in [0.1, 0.15) is 0 Å². The zero-order valence-electron chi connectivity index (χ0n) is 10.2. The lowest BCUT2D eigenvalue weighted by atomic mass is 10.1. The molecule has 0 spiro atoms. The maximum Gasteiger partial charge on any atom is 0.200 e. The number of fused-ring (bicyclic) bond motifs is 1. The molecule has 2 rings (SSSR count). The third-order valence-corrected chi connectivity index (χ3v) is 3.50. The van der Waals surface area contributed by atoms with Gasteiger partial charge in [0.05, 0.1) is 4.91 Å². The van der Waals surface area contributed by atoms with E-state index in [9.17, 15) is 4.79 Å². The third-order valence-electron chi connectivity index (χ3n) is 2.40. The minimum absolute atomic E-state index is 0.136. The van der Waals surface area contributed by atoms with Crippen LogP contribution in [-0.4, -0.2) is 24.8 Å². The van der Waals surface area contributed by atoms with Gasteiger partial charge in [-0.05, 0) is 30.7 Å². The SMILES string of the molecule is CC(=C\N(C)C)/C=C1/Sc2ccccc2C1=O. The fourth-order valence-electron chi connectivity index (χ4n) is 1.79. The van der Waals surface area contributed by atoms with Crippen LogP contribution in [0.4, 0.5) is 0 Å². The Morgan fingerprint density at radius 2 is 2.00 bits per heavy atom. The van der Waals surface area contributed by atoms with Gasteiger partial charge in [-0.15, -0.1) is 0 Å². The van der Waals surface area contributed by atoms with Crippen molar-refractivity contribution >= 4 is 17.5 Å². The number of thioether (sulfide) groups is 1. The maximum absolute atomic E-state index is 12.1. The van der Waals surface area contributed by atoms with E-state index in [1.807, 2.05) is 62.5 Å². The standard InChI is InChI=1S/C14H15NOS/c1-10(9-15(2)3)8-13-14(16)11-6-4-5-7-12(11)17-13/h4-9H,1-3H3/b10-9+,13-8+. The molecule has 0 saturated heterocycles. The normalized spacial score (nSPS) is 17.5. The molecule has 1 aromatic rings. The molecule has 1 aromatic carbocycles. The average molecular weight is 245 g/mol. The molecule has 1 aliphatic heterocycles. The molecule has 88 valence electrons. The summed E-state index contributed by atoms with van der Waals surface area (Å²) in [6.45, 7) is 2.00. The van der Waals surface area contributed by atoms with E-state index in [0.29, 0.717) is 0 Å². The lowest BCUT2D eigenvalue weighted by Gasteiger charge is -2.05. The molecule has 3 heteroatoms. The van der Waals surface area contributed by atoms with Gasteiger partial charge < -0.3 is 4.90 Å². The topological polar surface area (TPSA) is 20.3 Å².